The Balaban J connectivity index is 1.80. The van der Waals surface area contributed by atoms with Gasteiger partial charge in [0, 0.05) is 13.5 Å². The highest BCUT2D eigenvalue weighted by Crippen LogP contribution is 2.66. The van der Waals surface area contributed by atoms with Crippen molar-refractivity contribution in [3.63, 3.8) is 0 Å². The van der Waals surface area contributed by atoms with Crippen LogP contribution in [0.4, 0.5) is 0 Å². The molecule has 0 bridgehead atoms. The van der Waals surface area contributed by atoms with Gasteiger partial charge >= 0.3 is 0 Å². The lowest BCUT2D eigenvalue weighted by molar-refractivity contribution is 0.546. The summed E-state index contributed by atoms with van der Waals surface area (Å²) < 4.78 is 0. The largest absolute Gasteiger partial charge is 0.0809 e. The van der Waals surface area contributed by atoms with E-state index in [2.05, 4.69) is 107 Å². The van der Waals surface area contributed by atoms with Gasteiger partial charge in [0.15, 0.2) is 0 Å². The van der Waals surface area contributed by atoms with Crippen LogP contribution >= 0.6 is 0 Å². The molecular weight excluding hydrogens is 425 g/mol. The van der Waals surface area contributed by atoms with Crippen molar-refractivity contribution in [2.45, 2.75) is 69.9 Å². The SMILES string of the molecule is C[Si]1(C)C2=CC3C=CC=CC3=C2[Si](C)(C)[Si](C)(C)C2C3C=CC=CC3CC2[Si]1(C)C. The zero-order chi connectivity index (χ0) is 21.7. The monoisotopic (exact) mass is 464 g/mol. The van der Waals surface area contributed by atoms with E-state index >= 15 is 0 Å². The molecule has 1 saturated carbocycles. The zero-order valence-electron chi connectivity index (χ0n) is 20.3. The van der Waals surface area contributed by atoms with Gasteiger partial charge in [-0.1, -0.05) is 117 Å². The van der Waals surface area contributed by atoms with Crippen LogP contribution in [-0.4, -0.2) is 30.4 Å². The molecule has 0 aromatic carbocycles. The Kier molecular flexibility index (Phi) is 4.54. The molecule has 2 fully saturated rings. The topological polar surface area (TPSA) is 0 Å². The summed E-state index contributed by atoms with van der Waals surface area (Å²) in [4.78, 5) is 0. The van der Waals surface area contributed by atoms with Crippen molar-refractivity contribution in [3.8, 4) is 0 Å². The average Bonchev–Trinajstić information content (AvgIpc) is 3.27. The van der Waals surface area contributed by atoms with E-state index in [9.17, 15) is 0 Å². The lowest BCUT2D eigenvalue weighted by Crippen LogP contribution is -2.70. The van der Waals surface area contributed by atoms with Gasteiger partial charge in [-0.05, 0) is 34.9 Å². The van der Waals surface area contributed by atoms with Gasteiger partial charge < -0.3 is 0 Å². The predicted molar refractivity (Wildman–Crippen MR) is 144 cm³/mol. The summed E-state index contributed by atoms with van der Waals surface area (Å²) in [5.74, 6) is 2.20. The third-order valence-corrected chi connectivity index (χ3v) is 49.4. The number of rotatable bonds is 0. The molecule has 4 heteroatoms. The van der Waals surface area contributed by atoms with Crippen LogP contribution in [0, 0.1) is 17.8 Å². The van der Waals surface area contributed by atoms with Crippen LogP contribution in [-0.2, 0) is 0 Å². The smallest absolute Gasteiger partial charge is 0.0744 e. The molecule has 5 atom stereocenters. The third-order valence-electron chi connectivity index (χ3n) is 10.9. The summed E-state index contributed by atoms with van der Waals surface area (Å²) in [5, 5.41) is 3.87. The maximum atomic E-state index is 2.83. The van der Waals surface area contributed by atoms with Gasteiger partial charge in [-0.2, -0.15) is 0 Å². The van der Waals surface area contributed by atoms with Crippen molar-refractivity contribution < 1.29 is 0 Å². The zero-order valence-corrected chi connectivity index (χ0v) is 24.3. The number of fused-ring (bicyclic) bond motifs is 5. The Labute approximate surface area is 188 Å². The lowest BCUT2D eigenvalue weighted by atomic mass is 9.92. The highest BCUT2D eigenvalue weighted by Gasteiger charge is 2.66. The third kappa shape index (κ3) is 2.48. The minimum Gasteiger partial charge on any atom is -0.0809 e. The molecule has 0 spiro atoms. The Bertz CT molecular complexity index is 967. The molecular formula is C26H40Si4. The molecule has 5 rings (SSSR count). The Morgan fingerprint density at radius 3 is 2.13 bits per heavy atom. The van der Waals surface area contributed by atoms with Crippen molar-refractivity contribution in [2.75, 3.05) is 0 Å². The summed E-state index contributed by atoms with van der Waals surface area (Å²) in [7, 11) is -6.07. The van der Waals surface area contributed by atoms with E-state index in [0.717, 1.165) is 22.9 Å². The normalized spacial score (nSPS) is 40.8. The van der Waals surface area contributed by atoms with E-state index < -0.39 is 30.4 Å². The summed E-state index contributed by atoms with van der Waals surface area (Å²) in [6.45, 7) is 22.5. The Hall–Kier alpha value is -0.692. The van der Waals surface area contributed by atoms with Gasteiger partial charge in [0.05, 0.1) is 22.8 Å². The van der Waals surface area contributed by atoms with E-state index in [4.69, 9.17) is 0 Å². The fourth-order valence-electron chi connectivity index (χ4n) is 7.87. The summed E-state index contributed by atoms with van der Waals surface area (Å²) in [5.41, 5.74) is 3.70. The summed E-state index contributed by atoms with van der Waals surface area (Å²) >= 11 is 0. The van der Waals surface area contributed by atoms with Crippen LogP contribution in [0.5, 0.6) is 0 Å². The molecule has 0 amide bonds. The van der Waals surface area contributed by atoms with Gasteiger partial charge in [-0.25, -0.2) is 0 Å². The molecule has 1 heterocycles. The minimum absolute atomic E-state index is 0.566. The van der Waals surface area contributed by atoms with Crippen molar-refractivity contribution in [2.24, 2.45) is 17.8 Å². The first-order valence-corrected chi connectivity index (χ1v) is 26.2. The van der Waals surface area contributed by atoms with Crippen LogP contribution in [0.3, 0.4) is 0 Å². The van der Waals surface area contributed by atoms with E-state index in [-0.39, 0.29) is 0 Å². The first-order chi connectivity index (χ1) is 13.9. The van der Waals surface area contributed by atoms with Gasteiger partial charge in [0.1, 0.15) is 0 Å². The summed E-state index contributed by atoms with van der Waals surface area (Å²) in [6, 6.07) is 0. The number of allylic oxidation sites excluding steroid dienone is 12. The fraction of sp³-hybridized carbons (Fsp3) is 0.538. The van der Waals surface area contributed by atoms with E-state index in [1.807, 2.05) is 10.4 Å². The minimum atomic E-state index is -1.59. The first kappa shape index (κ1) is 21.2. The molecule has 30 heavy (non-hydrogen) atoms. The van der Waals surface area contributed by atoms with Crippen LogP contribution in [0.15, 0.2) is 70.7 Å². The molecule has 0 nitrogen and oxygen atoms in total. The number of hydrogen-bond acceptors (Lipinski definition) is 0. The summed E-state index contributed by atoms with van der Waals surface area (Å²) in [6.07, 6.45) is 23.8. The Morgan fingerprint density at radius 1 is 0.733 bits per heavy atom. The molecule has 5 unspecified atom stereocenters. The first-order valence-electron chi connectivity index (χ1n) is 12.1. The molecule has 0 aromatic heterocycles. The molecule has 0 radical (unpaired) electrons. The van der Waals surface area contributed by atoms with Crippen LogP contribution < -0.4 is 0 Å². The second kappa shape index (κ2) is 6.43. The van der Waals surface area contributed by atoms with Gasteiger partial charge in [0.2, 0.25) is 0 Å². The van der Waals surface area contributed by atoms with Crippen molar-refractivity contribution >= 4 is 30.4 Å². The fourth-order valence-corrected chi connectivity index (χ4v) is 37.5. The molecule has 0 aromatic rings. The molecule has 0 N–H and O–H groups in total. The average molecular weight is 465 g/mol. The molecule has 4 aliphatic carbocycles. The van der Waals surface area contributed by atoms with E-state index in [1.165, 1.54) is 6.42 Å². The van der Waals surface area contributed by atoms with Gasteiger partial charge in [-0.15, -0.1) is 0 Å². The van der Waals surface area contributed by atoms with E-state index in [0.29, 0.717) is 5.92 Å². The molecule has 160 valence electrons. The predicted octanol–water partition coefficient (Wildman–Crippen LogP) is 7.55. The standard InChI is InChI=1S/C26H40Si4/c1-27(2)23-17-19-13-9-11-15-21(19)25(23)29(5,6)30(7,8)26-22-16-12-10-14-20(22)18-24(26)28(27,3)4/h9-17,19-20,22,24,26H,18H2,1-8H3. The molecule has 1 aliphatic heterocycles. The molecule has 1 saturated heterocycles. The maximum absolute atomic E-state index is 2.83. The van der Waals surface area contributed by atoms with Gasteiger partial charge in [0.25, 0.3) is 0 Å². The second-order valence-electron chi connectivity index (χ2n) is 12.8. The van der Waals surface area contributed by atoms with Crippen molar-refractivity contribution in [1.82, 2.24) is 0 Å². The van der Waals surface area contributed by atoms with Crippen molar-refractivity contribution in [3.05, 3.63) is 70.7 Å². The van der Waals surface area contributed by atoms with E-state index in [1.54, 1.807) is 5.57 Å². The molecule has 5 aliphatic rings. The van der Waals surface area contributed by atoms with Crippen LogP contribution in [0.1, 0.15) is 6.42 Å². The highest BCUT2D eigenvalue weighted by molar-refractivity contribution is 7.50. The highest BCUT2D eigenvalue weighted by atomic mass is 29.3. The Morgan fingerprint density at radius 2 is 1.40 bits per heavy atom. The second-order valence-corrected chi connectivity index (χ2v) is 43.8. The van der Waals surface area contributed by atoms with Crippen molar-refractivity contribution in [1.29, 1.82) is 0 Å². The lowest BCUT2D eigenvalue weighted by Gasteiger charge is -2.58. The van der Waals surface area contributed by atoms with Gasteiger partial charge in [-0.3, -0.25) is 0 Å². The van der Waals surface area contributed by atoms with Crippen LogP contribution in [0.2, 0.25) is 63.5 Å². The quantitative estimate of drug-likeness (QED) is 0.325. The maximum Gasteiger partial charge on any atom is 0.0744 e. The van der Waals surface area contributed by atoms with Crippen LogP contribution in [0.25, 0.3) is 0 Å². The number of hydrogen-bond donors (Lipinski definition) is 0.